The number of fused-ring (bicyclic) bond motifs is 15. The van der Waals surface area contributed by atoms with Gasteiger partial charge in [0.2, 0.25) is 0 Å². The van der Waals surface area contributed by atoms with E-state index in [0.717, 1.165) is 39.8 Å². The molecule has 0 saturated carbocycles. The van der Waals surface area contributed by atoms with E-state index in [9.17, 15) is 0 Å². The average molecular weight is 833 g/mol. The van der Waals surface area contributed by atoms with Crippen LogP contribution >= 0.6 is 0 Å². The Hall–Kier alpha value is -8.34. The fourth-order valence-corrected chi connectivity index (χ4v) is 11.7. The van der Waals surface area contributed by atoms with Gasteiger partial charge in [0, 0.05) is 39.7 Å². The van der Waals surface area contributed by atoms with Crippen LogP contribution in [0.3, 0.4) is 0 Å². The van der Waals surface area contributed by atoms with Gasteiger partial charge in [0.25, 0.3) is 0 Å². The Labute approximate surface area is 377 Å². The molecule has 0 amide bonds. The highest BCUT2D eigenvalue weighted by molar-refractivity contribution is 6.10. The van der Waals surface area contributed by atoms with Crippen molar-refractivity contribution in [2.45, 2.75) is 11.3 Å². The Bertz CT molecular complexity index is 3580. The number of aromatic nitrogens is 1. The van der Waals surface area contributed by atoms with Crippen molar-refractivity contribution >= 4 is 38.9 Å². The van der Waals surface area contributed by atoms with E-state index in [-0.39, 0.29) is 17.3 Å². The topological polar surface area (TPSA) is 26.6 Å². The molecule has 1 aliphatic heterocycles. The molecule has 4 heteroatoms. The Morgan fingerprint density at radius 1 is 0.446 bits per heavy atom. The van der Waals surface area contributed by atoms with Gasteiger partial charge in [-0.1, -0.05) is 152 Å². The van der Waals surface area contributed by atoms with Gasteiger partial charge >= 0.3 is 0 Å². The highest BCUT2D eigenvalue weighted by Crippen LogP contribution is 2.67. The van der Waals surface area contributed by atoms with Crippen LogP contribution in [0.15, 0.2) is 231 Å². The summed E-state index contributed by atoms with van der Waals surface area (Å²) in [7, 11) is 0. The largest absolute Gasteiger partial charge is 0.449 e. The summed E-state index contributed by atoms with van der Waals surface area (Å²) in [6.45, 7) is 0. The third kappa shape index (κ3) is 5.14. The fraction of sp³-hybridized carbons (Fsp3) is 0.0492. The summed E-state index contributed by atoms with van der Waals surface area (Å²) in [5.74, 6) is 3.24. The minimum Gasteiger partial charge on any atom is -0.449 e. The molecule has 0 fully saturated rings. The number of hydrogen-bond acceptors (Lipinski definition) is 3. The van der Waals surface area contributed by atoms with Crippen molar-refractivity contribution in [2.75, 3.05) is 4.90 Å². The lowest BCUT2D eigenvalue weighted by Gasteiger charge is -2.36. The van der Waals surface area contributed by atoms with E-state index in [0.29, 0.717) is 11.5 Å². The first-order chi connectivity index (χ1) is 32.2. The van der Waals surface area contributed by atoms with Gasteiger partial charge in [-0.05, 0) is 123 Å². The fourth-order valence-electron chi connectivity index (χ4n) is 11.7. The van der Waals surface area contributed by atoms with E-state index in [1.165, 1.54) is 60.8 Å². The van der Waals surface area contributed by atoms with Crippen LogP contribution in [0.5, 0.6) is 23.0 Å². The SMILES string of the molecule is C1=CC2c3cc4c(cc3C3(c5ccccc5-c5ccccc53)C2C=C1)Oc1cccc(N(c2ccccc2)c2ccc(-c3ccc5c(c3)c3ccccc3n5-c3ccccc3)cc2)c1O4. The molecule has 14 rings (SSSR count). The number of benzene rings is 9. The van der Waals surface area contributed by atoms with Crippen LogP contribution in [0.25, 0.3) is 49.7 Å². The predicted octanol–water partition coefficient (Wildman–Crippen LogP) is 16.0. The first-order valence-corrected chi connectivity index (χ1v) is 22.5. The van der Waals surface area contributed by atoms with Crippen LogP contribution in [-0.4, -0.2) is 4.57 Å². The van der Waals surface area contributed by atoms with Gasteiger partial charge in [-0.2, -0.15) is 0 Å². The Kier molecular flexibility index (Phi) is 7.70. The Morgan fingerprint density at radius 2 is 1.09 bits per heavy atom. The maximum atomic E-state index is 7.12. The van der Waals surface area contributed by atoms with Crippen molar-refractivity contribution in [3.05, 3.63) is 253 Å². The van der Waals surface area contributed by atoms with E-state index in [1.54, 1.807) is 0 Å². The predicted molar refractivity (Wildman–Crippen MR) is 264 cm³/mol. The van der Waals surface area contributed by atoms with E-state index >= 15 is 0 Å². The summed E-state index contributed by atoms with van der Waals surface area (Å²) < 4.78 is 16.5. The lowest BCUT2D eigenvalue weighted by molar-refractivity contribution is 0.359. The number of rotatable bonds is 5. The molecule has 10 aromatic rings. The van der Waals surface area contributed by atoms with Crippen LogP contribution < -0.4 is 14.4 Å². The average Bonchev–Trinajstić information content (AvgIpc) is 3.97. The zero-order chi connectivity index (χ0) is 42.6. The minimum atomic E-state index is -0.349. The van der Waals surface area contributed by atoms with Crippen molar-refractivity contribution in [3.8, 4) is 50.9 Å². The maximum Gasteiger partial charge on any atom is 0.194 e. The van der Waals surface area contributed by atoms with Crippen LogP contribution in [0.1, 0.15) is 28.2 Å². The third-order valence-corrected chi connectivity index (χ3v) is 14.3. The van der Waals surface area contributed by atoms with Crippen molar-refractivity contribution in [1.29, 1.82) is 0 Å². The van der Waals surface area contributed by atoms with Crippen molar-refractivity contribution in [1.82, 2.24) is 4.57 Å². The molecule has 1 aromatic heterocycles. The molecule has 2 heterocycles. The standard InChI is InChI=1S/C61H40N2O2/c1-3-16-41(17-4-1)62(43-33-30-39(31-34-43)40-32-35-55-49(36-40)47-23-10-14-27-54(47)63(55)42-18-5-2-6-19-42)56-28-15-29-57-60(56)65-58-37-48-46-22-9-13-26-52(46)61(53(48)38-59(58)64-57)50-24-11-7-20-44(50)45-21-8-12-25-51(45)61/h1-38,46,52H. The van der Waals surface area contributed by atoms with Gasteiger partial charge < -0.3 is 18.9 Å². The summed E-state index contributed by atoms with van der Waals surface area (Å²) >= 11 is 0. The Morgan fingerprint density at radius 3 is 1.89 bits per heavy atom. The van der Waals surface area contributed by atoms with Gasteiger partial charge in [-0.25, -0.2) is 0 Å². The third-order valence-electron chi connectivity index (χ3n) is 14.3. The van der Waals surface area contributed by atoms with Gasteiger partial charge in [0.15, 0.2) is 23.0 Å². The molecule has 2 atom stereocenters. The molecule has 2 unspecified atom stereocenters. The monoisotopic (exact) mass is 832 g/mol. The molecule has 65 heavy (non-hydrogen) atoms. The molecule has 0 radical (unpaired) electrons. The molecule has 0 bridgehead atoms. The molecular weight excluding hydrogens is 793 g/mol. The second-order valence-electron chi connectivity index (χ2n) is 17.6. The van der Waals surface area contributed by atoms with E-state index in [1.807, 2.05) is 6.07 Å². The number of nitrogens with zero attached hydrogens (tertiary/aromatic N) is 2. The van der Waals surface area contributed by atoms with Gasteiger partial charge in [-0.3, -0.25) is 0 Å². The molecule has 4 aliphatic rings. The summed E-state index contributed by atoms with van der Waals surface area (Å²) in [5.41, 5.74) is 16.3. The number of allylic oxidation sites excluding steroid dienone is 4. The smallest absolute Gasteiger partial charge is 0.194 e. The number of hydrogen-bond donors (Lipinski definition) is 0. The van der Waals surface area contributed by atoms with E-state index < -0.39 is 0 Å². The number of para-hydroxylation sites is 4. The van der Waals surface area contributed by atoms with Gasteiger partial charge in [0.1, 0.15) is 0 Å². The highest BCUT2D eigenvalue weighted by Gasteiger charge is 2.57. The second kappa shape index (κ2) is 13.8. The van der Waals surface area contributed by atoms with Crippen molar-refractivity contribution < 1.29 is 9.47 Å². The zero-order valence-corrected chi connectivity index (χ0v) is 35.3. The normalized spacial score (nSPS) is 16.6. The molecule has 9 aromatic carbocycles. The summed E-state index contributed by atoms with van der Waals surface area (Å²) in [5, 5.41) is 2.47. The molecule has 1 spiro atoms. The van der Waals surface area contributed by atoms with Gasteiger partial charge in [0.05, 0.1) is 22.1 Å². The summed E-state index contributed by atoms with van der Waals surface area (Å²) in [4.78, 5) is 2.27. The zero-order valence-electron chi connectivity index (χ0n) is 35.3. The van der Waals surface area contributed by atoms with Crippen LogP contribution in [0.4, 0.5) is 17.1 Å². The van der Waals surface area contributed by atoms with Crippen LogP contribution in [0, 0.1) is 5.92 Å². The first kappa shape index (κ1) is 36.2. The van der Waals surface area contributed by atoms with Crippen LogP contribution in [-0.2, 0) is 5.41 Å². The van der Waals surface area contributed by atoms with E-state index in [2.05, 4.69) is 234 Å². The quantitative estimate of drug-likeness (QED) is 0.173. The molecule has 4 nitrogen and oxygen atoms in total. The lowest BCUT2D eigenvalue weighted by atomic mass is 9.65. The number of anilines is 3. The van der Waals surface area contributed by atoms with Crippen molar-refractivity contribution in [3.63, 3.8) is 0 Å². The highest BCUT2D eigenvalue weighted by atomic mass is 16.6. The maximum absolute atomic E-state index is 7.12. The first-order valence-electron chi connectivity index (χ1n) is 22.5. The van der Waals surface area contributed by atoms with Crippen LogP contribution in [0.2, 0.25) is 0 Å². The molecular formula is C61H40N2O2. The summed E-state index contributed by atoms with van der Waals surface area (Å²) in [6, 6.07) is 74.2. The Balaban J connectivity index is 0.862. The molecule has 0 N–H and O–H groups in total. The van der Waals surface area contributed by atoms with Crippen molar-refractivity contribution in [2.24, 2.45) is 5.92 Å². The summed E-state index contributed by atoms with van der Waals surface area (Å²) in [6.07, 6.45) is 9.22. The second-order valence-corrected chi connectivity index (χ2v) is 17.6. The molecule has 0 saturated heterocycles. The lowest BCUT2D eigenvalue weighted by Crippen LogP contribution is -2.32. The number of ether oxygens (including phenoxy) is 2. The minimum absolute atomic E-state index is 0.183. The van der Waals surface area contributed by atoms with Gasteiger partial charge in [-0.15, -0.1) is 0 Å². The molecule has 3 aliphatic carbocycles. The molecule has 306 valence electrons. The van der Waals surface area contributed by atoms with E-state index in [4.69, 9.17) is 9.47 Å².